The van der Waals surface area contributed by atoms with Gasteiger partial charge in [0.15, 0.2) is 5.96 Å². The Kier molecular flexibility index (Phi) is 8.69. The summed E-state index contributed by atoms with van der Waals surface area (Å²) >= 11 is 0. The summed E-state index contributed by atoms with van der Waals surface area (Å²) in [6, 6.07) is 0.924. The molecule has 1 aliphatic carbocycles. The standard InChI is InChI=1S/C20H39N5O/c1-16(2)24(4)13-8-7-12-22-20(21-3)23-18-11-14-25(15-18)19(26)17-9-5-6-10-17/h16-18H,5-15H2,1-4H3,(H2,21,22,23). The van der Waals surface area contributed by atoms with Gasteiger partial charge in [-0.05, 0) is 59.5 Å². The highest BCUT2D eigenvalue weighted by Crippen LogP contribution is 2.27. The van der Waals surface area contributed by atoms with E-state index in [1.54, 1.807) is 0 Å². The number of nitrogens with one attached hydrogen (secondary N) is 2. The number of unbranched alkanes of at least 4 members (excludes halogenated alkanes) is 1. The lowest BCUT2D eigenvalue weighted by molar-refractivity contribution is -0.134. The van der Waals surface area contributed by atoms with Crippen LogP contribution in [0.15, 0.2) is 4.99 Å². The largest absolute Gasteiger partial charge is 0.356 e. The topological polar surface area (TPSA) is 60.0 Å². The first-order valence-electron chi connectivity index (χ1n) is 10.5. The van der Waals surface area contributed by atoms with Gasteiger partial charge < -0.3 is 20.4 Å². The fourth-order valence-electron chi connectivity index (χ4n) is 3.85. The van der Waals surface area contributed by atoms with Crippen LogP contribution < -0.4 is 10.6 Å². The third-order valence-electron chi connectivity index (χ3n) is 5.88. The minimum atomic E-state index is 0.287. The molecule has 2 N–H and O–H groups in total. The lowest BCUT2D eigenvalue weighted by atomic mass is 10.1. The summed E-state index contributed by atoms with van der Waals surface area (Å²) in [5.74, 6) is 1.53. The summed E-state index contributed by atoms with van der Waals surface area (Å²) in [6.07, 6.45) is 7.94. The normalized spacial score (nSPS) is 21.8. The fraction of sp³-hybridized carbons (Fsp3) is 0.900. The van der Waals surface area contributed by atoms with Crippen LogP contribution in [0, 0.1) is 5.92 Å². The van der Waals surface area contributed by atoms with Crippen LogP contribution in [-0.4, -0.2) is 74.0 Å². The number of likely N-dealkylation sites (tertiary alicyclic amines) is 1. The molecule has 0 spiro atoms. The first-order valence-corrected chi connectivity index (χ1v) is 10.5. The number of nitrogens with zero attached hydrogens (tertiary/aromatic N) is 3. The van der Waals surface area contributed by atoms with Crippen LogP contribution in [-0.2, 0) is 4.79 Å². The van der Waals surface area contributed by atoms with Gasteiger partial charge in [-0.2, -0.15) is 0 Å². The van der Waals surface area contributed by atoms with E-state index in [0.29, 0.717) is 18.0 Å². The first kappa shape index (κ1) is 21.0. The second-order valence-electron chi connectivity index (χ2n) is 8.18. The molecule has 0 aromatic rings. The molecule has 6 heteroatoms. The molecule has 1 aliphatic heterocycles. The highest BCUT2D eigenvalue weighted by Gasteiger charge is 2.32. The summed E-state index contributed by atoms with van der Waals surface area (Å²) in [5, 5.41) is 6.91. The second-order valence-corrected chi connectivity index (χ2v) is 8.18. The Balaban J connectivity index is 1.63. The van der Waals surface area contributed by atoms with Crippen LogP contribution in [0.1, 0.15) is 58.8 Å². The number of rotatable bonds is 8. The van der Waals surface area contributed by atoms with Crippen LogP contribution in [0.25, 0.3) is 0 Å². The van der Waals surface area contributed by atoms with Gasteiger partial charge in [-0.15, -0.1) is 0 Å². The molecule has 2 rings (SSSR count). The maximum atomic E-state index is 12.5. The predicted molar refractivity (Wildman–Crippen MR) is 108 cm³/mol. The molecule has 1 amide bonds. The quantitative estimate of drug-likeness (QED) is 0.393. The molecule has 2 fully saturated rings. The van der Waals surface area contributed by atoms with Crippen LogP contribution in [0.3, 0.4) is 0 Å². The van der Waals surface area contributed by atoms with Gasteiger partial charge in [0, 0.05) is 44.7 Å². The number of aliphatic imine (C=N–C) groups is 1. The molecule has 1 heterocycles. The van der Waals surface area contributed by atoms with Crippen LogP contribution in [0.4, 0.5) is 0 Å². The lowest BCUT2D eigenvalue weighted by Crippen LogP contribution is -2.45. The number of hydrogen-bond acceptors (Lipinski definition) is 3. The SMILES string of the molecule is CN=C(NCCCCN(C)C(C)C)NC1CCN(C(=O)C2CCCC2)C1. The molecule has 0 bridgehead atoms. The molecule has 0 aromatic heterocycles. The zero-order valence-electron chi connectivity index (χ0n) is 17.3. The Bertz CT molecular complexity index is 459. The van der Waals surface area contributed by atoms with Crippen molar-refractivity contribution in [1.29, 1.82) is 0 Å². The lowest BCUT2D eigenvalue weighted by Gasteiger charge is -2.22. The Morgan fingerprint density at radius 2 is 1.96 bits per heavy atom. The number of carbonyl (C=O) groups excluding carboxylic acids is 1. The third kappa shape index (κ3) is 6.45. The molecular formula is C20H39N5O. The smallest absolute Gasteiger partial charge is 0.225 e. The molecule has 1 unspecified atom stereocenters. The zero-order valence-corrected chi connectivity index (χ0v) is 17.3. The van der Waals surface area contributed by atoms with Crippen molar-refractivity contribution in [3.8, 4) is 0 Å². The molecule has 26 heavy (non-hydrogen) atoms. The molecule has 150 valence electrons. The number of hydrogen-bond donors (Lipinski definition) is 2. The number of carbonyl (C=O) groups is 1. The molecule has 1 saturated carbocycles. The minimum Gasteiger partial charge on any atom is -0.356 e. The van der Waals surface area contributed by atoms with Crippen LogP contribution in [0.5, 0.6) is 0 Å². The van der Waals surface area contributed by atoms with Crippen molar-refractivity contribution in [1.82, 2.24) is 20.4 Å². The van der Waals surface area contributed by atoms with E-state index >= 15 is 0 Å². The molecular weight excluding hydrogens is 326 g/mol. The zero-order chi connectivity index (χ0) is 18.9. The minimum absolute atomic E-state index is 0.287. The maximum absolute atomic E-state index is 12.5. The number of guanidine groups is 1. The molecule has 0 radical (unpaired) electrons. The second kappa shape index (κ2) is 10.8. The Hall–Kier alpha value is -1.30. The van der Waals surface area contributed by atoms with Gasteiger partial charge in [-0.25, -0.2) is 0 Å². The maximum Gasteiger partial charge on any atom is 0.225 e. The number of amides is 1. The van der Waals surface area contributed by atoms with Crippen molar-refractivity contribution in [2.45, 2.75) is 70.9 Å². The van der Waals surface area contributed by atoms with Crippen molar-refractivity contribution in [3.63, 3.8) is 0 Å². The first-order chi connectivity index (χ1) is 12.5. The summed E-state index contributed by atoms with van der Waals surface area (Å²) in [4.78, 5) is 21.3. The molecule has 6 nitrogen and oxygen atoms in total. The Morgan fingerprint density at radius 3 is 2.62 bits per heavy atom. The highest BCUT2D eigenvalue weighted by molar-refractivity contribution is 5.81. The average molecular weight is 366 g/mol. The monoisotopic (exact) mass is 365 g/mol. The van der Waals surface area contributed by atoms with Crippen molar-refractivity contribution < 1.29 is 4.79 Å². The van der Waals surface area contributed by atoms with Gasteiger partial charge in [-0.3, -0.25) is 9.79 Å². The van der Waals surface area contributed by atoms with Gasteiger partial charge >= 0.3 is 0 Å². The van der Waals surface area contributed by atoms with Crippen LogP contribution in [0.2, 0.25) is 0 Å². The van der Waals surface area contributed by atoms with E-state index in [2.05, 4.69) is 46.3 Å². The molecule has 1 saturated heterocycles. The van der Waals surface area contributed by atoms with Gasteiger partial charge in [-0.1, -0.05) is 12.8 Å². The highest BCUT2D eigenvalue weighted by atomic mass is 16.2. The Morgan fingerprint density at radius 1 is 1.23 bits per heavy atom. The summed E-state index contributed by atoms with van der Waals surface area (Å²) in [6.45, 7) is 8.22. The average Bonchev–Trinajstić information content (AvgIpc) is 3.31. The van der Waals surface area contributed by atoms with Crippen molar-refractivity contribution in [2.75, 3.05) is 40.3 Å². The van der Waals surface area contributed by atoms with Crippen LogP contribution >= 0.6 is 0 Å². The summed E-state index contributed by atoms with van der Waals surface area (Å²) in [5.41, 5.74) is 0. The van der Waals surface area contributed by atoms with E-state index in [1.165, 1.54) is 19.3 Å². The van der Waals surface area contributed by atoms with E-state index < -0.39 is 0 Å². The van der Waals surface area contributed by atoms with E-state index in [-0.39, 0.29) is 5.92 Å². The van der Waals surface area contributed by atoms with E-state index in [1.807, 2.05) is 7.05 Å². The fourth-order valence-corrected chi connectivity index (χ4v) is 3.85. The third-order valence-corrected chi connectivity index (χ3v) is 5.88. The van der Waals surface area contributed by atoms with Crippen molar-refractivity contribution >= 4 is 11.9 Å². The molecule has 0 aromatic carbocycles. The van der Waals surface area contributed by atoms with E-state index in [0.717, 1.165) is 57.8 Å². The summed E-state index contributed by atoms with van der Waals surface area (Å²) in [7, 11) is 4.00. The summed E-state index contributed by atoms with van der Waals surface area (Å²) < 4.78 is 0. The van der Waals surface area contributed by atoms with Gasteiger partial charge in [0.25, 0.3) is 0 Å². The van der Waals surface area contributed by atoms with Gasteiger partial charge in [0.1, 0.15) is 0 Å². The molecule has 1 atom stereocenters. The van der Waals surface area contributed by atoms with E-state index in [9.17, 15) is 4.79 Å². The van der Waals surface area contributed by atoms with Gasteiger partial charge in [0.2, 0.25) is 5.91 Å². The predicted octanol–water partition coefficient (Wildman–Crippen LogP) is 2.06. The Labute approximate surface area is 159 Å². The van der Waals surface area contributed by atoms with Gasteiger partial charge in [0.05, 0.1) is 0 Å². The van der Waals surface area contributed by atoms with Crippen molar-refractivity contribution in [2.24, 2.45) is 10.9 Å². The molecule has 2 aliphatic rings. The van der Waals surface area contributed by atoms with E-state index in [4.69, 9.17) is 0 Å². The van der Waals surface area contributed by atoms with Crippen molar-refractivity contribution in [3.05, 3.63) is 0 Å².